The van der Waals surface area contributed by atoms with Gasteiger partial charge < -0.3 is 5.73 Å². The smallest absolute Gasteiger partial charge is 0.324 e. The van der Waals surface area contributed by atoms with Crippen LogP contribution in [0.1, 0.15) is 17.8 Å². The van der Waals surface area contributed by atoms with Crippen molar-refractivity contribution >= 4 is 6.03 Å². The SMILES string of the molecule is NC(=O)n1ccnc1CCCc1ccccc1. The Hall–Kier alpha value is -2.10. The number of carbonyl (C=O) groups excluding carboxylic acids is 1. The Morgan fingerprint density at radius 2 is 2.00 bits per heavy atom. The van der Waals surface area contributed by atoms with Gasteiger partial charge in [-0.1, -0.05) is 30.3 Å². The molecule has 0 saturated heterocycles. The number of nitrogens with zero attached hydrogens (tertiary/aromatic N) is 2. The summed E-state index contributed by atoms with van der Waals surface area (Å²) in [5, 5.41) is 0. The first-order valence-electron chi connectivity index (χ1n) is 5.63. The highest BCUT2D eigenvalue weighted by Crippen LogP contribution is 2.06. The van der Waals surface area contributed by atoms with Gasteiger partial charge in [0.1, 0.15) is 5.82 Å². The second-order valence-corrected chi connectivity index (χ2v) is 3.89. The van der Waals surface area contributed by atoms with Crippen molar-refractivity contribution in [2.45, 2.75) is 19.3 Å². The summed E-state index contributed by atoms with van der Waals surface area (Å²) in [4.78, 5) is 15.2. The topological polar surface area (TPSA) is 60.9 Å². The third kappa shape index (κ3) is 2.93. The zero-order chi connectivity index (χ0) is 12.1. The molecule has 0 radical (unpaired) electrons. The Bertz CT molecular complexity index is 490. The molecule has 1 aromatic heterocycles. The Balaban J connectivity index is 1.90. The van der Waals surface area contributed by atoms with Crippen LogP contribution in [-0.4, -0.2) is 15.6 Å². The fourth-order valence-electron chi connectivity index (χ4n) is 1.82. The van der Waals surface area contributed by atoms with Gasteiger partial charge >= 0.3 is 6.03 Å². The van der Waals surface area contributed by atoms with E-state index in [2.05, 4.69) is 17.1 Å². The summed E-state index contributed by atoms with van der Waals surface area (Å²) in [6.45, 7) is 0. The molecule has 2 aromatic rings. The van der Waals surface area contributed by atoms with Crippen LogP contribution < -0.4 is 5.73 Å². The molecular formula is C13H15N3O. The van der Waals surface area contributed by atoms with Gasteiger partial charge in [-0.3, -0.25) is 4.57 Å². The zero-order valence-corrected chi connectivity index (χ0v) is 9.54. The average molecular weight is 229 g/mol. The fraction of sp³-hybridized carbons (Fsp3) is 0.231. The summed E-state index contributed by atoms with van der Waals surface area (Å²) in [6.07, 6.45) is 5.88. The van der Waals surface area contributed by atoms with Crippen LogP contribution in [0, 0.1) is 0 Å². The first-order chi connectivity index (χ1) is 8.27. The molecule has 2 rings (SSSR count). The van der Waals surface area contributed by atoms with E-state index in [-0.39, 0.29) is 0 Å². The summed E-state index contributed by atoms with van der Waals surface area (Å²) in [5.41, 5.74) is 6.52. The molecule has 17 heavy (non-hydrogen) atoms. The predicted octanol–water partition coefficient (Wildman–Crippen LogP) is 1.99. The molecule has 0 unspecified atom stereocenters. The number of nitrogens with two attached hydrogens (primary N) is 1. The molecule has 1 heterocycles. The molecule has 1 aromatic carbocycles. The third-order valence-electron chi connectivity index (χ3n) is 2.66. The highest BCUT2D eigenvalue weighted by Gasteiger charge is 2.06. The quantitative estimate of drug-likeness (QED) is 0.871. The van der Waals surface area contributed by atoms with Crippen LogP contribution in [0.25, 0.3) is 0 Å². The number of imidazole rings is 1. The molecule has 1 amide bonds. The lowest BCUT2D eigenvalue weighted by atomic mass is 10.1. The highest BCUT2D eigenvalue weighted by molar-refractivity contribution is 5.75. The molecule has 0 bridgehead atoms. The number of rotatable bonds is 4. The van der Waals surface area contributed by atoms with Crippen molar-refractivity contribution in [1.29, 1.82) is 0 Å². The minimum atomic E-state index is -0.475. The van der Waals surface area contributed by atoms with Crippen molar-refractivity contribution < 1.29 is 4.79 Å². The van der Waals surface area contributed by atoms with Crippen molar-refractivity contribution in [2.75, 3.05) is 0 Å². The zero-order valence-electron chi connectivity index (χ0n) is 9.54. The number of hydrogen-bond acceptors (Lipinski definition) is 2. The van der Waals surface area contributed by atoms with E-state index in [4.69, 9.17) is 5.73 Å². The molecule has 88 valence electrons. The van der Waals surface area contributed by atoms with E-state index in [1.807, 2.05) is 18.2 Å². The maximum atomic E-state index is 11.1. The van der Waals surface area contributed by atoms with Gasteiger partial charge in [0.15, 0.2) is 0 Å². The minimum absolute atomic E-state index is 0.475. The van der Waals surface area contributed by atoms with Gasteiger partial charge in [-0.25, -0.2) is 9.78 Å². The maximum absolute atomic E-state index is 11.1. The van der Waals surface area contributed by atoms with Gasteiger partial charge in [0.2, 0.25) is 0 Å². The molecule has 0 atom stereocenters. The van der Waals surface area contributed by atoms with Crippen LogP contribution in [0.15, 0.2) is 42.7 Å². The highest BCUT2D eigenvalue weighted by atomic mass is 16.2. The third-order valence-corrected chi connectivity index (χ3v) is 2.66. The summed E-state index contributed by atoms with van der Waals surface area (Å²) >= 11 is 0. The monoisotopic (exact) mass is 229 g/mol. The maximum Gasteiger partial charge on any atom is 0.324 e. The van der Waals surface area contributed by atoms with Crippen LogP contribution in [0.4, 0.5) is 4.79 Å². The van der Waals surface area contributed by atoms with Gasteiger partial charge in [-0.05, 0) is 18.4 Å². The first kappa shape index (κ1) is 11.4. The Kier molecular flexibility index (Phi) is 3.55. The molecule has 0 saturated carbocycles. The molecule has 0 aliphatic heterocycles. The van der Waals surface area contributed by atoms with E-state index in [1.165, 1.54) is 10.1 Å². The number of benzene rings is 1. The van der Waals surface area contributed by atoms with E-state index < -0.39 is 6.03 Å². The van der Waals surface area contributed by atoms with E-state index in [0.717, 1.165) is 25.1 Å². The number of aryl methyl sites for hydroxylation is 2. The normalized spacial score (nSPS) is 10.4. The summed E-state index contributed by atoms with van der Waals surface area (Å²) in [5.74, 6) is 0.730. The molecule has 0 aliphatic rings. The van der Waals surface area contributed by atoms with Gasteiger partial charge in [0.05, 0.1) is 0 Å². The second kappa shape index (κ2) is 5.30. The molecule has 4 heteroatoms. The fourth-order valence-corrected chi connectivity index (χ4v) is 1.82. The van der Waals surface area contributed by atoms with Gasteiger partial charge in [0.25, 0.3) is 0 Å². The standard InChI is InChI=1S/C13H15N3O/c14-13(17)16-10-9-15-12(16)8-4-7-11-5-2-1-3-6-11/h1-3,5-6,9-10H,4,7-8H2,(H2,14,17). The average Bonchev–Trinajstić information content (AvgIpc) is 2.79. The largest absolute Gasteiger partial charge is 0.351 e. The molecule has 2 N–H and O–H groups in total. The molecule has 0 fully saturated rings. The lowest BCUT2D eigenvalue weighted by molar-refractivity contribution is 0.249. The molecule has 4 nitrogen and oxygen atoms in total. The van der Waals surface area contributed by atoms with Crippen molar-refractivity contribution in [3.63, 3.8) is 0 Å². The van der Waals surface area contributed by atoms with Crippen molar-refractivity contribution in [3.05, 3.63) is 54.1 Å². The molecule has 0 aliphatic carbocycles. The predicted molar refractivity (Wildman–Crippen MR) is 65.7 cm³/mol. The van der Waals surface area contributed by atoms with E-state index in [9.17, 15) is 4.79 Å². The molecule has 0 spiro atoms. The van der Waals surface area contributed by atoms with E-state index in [0.29, 0.717) is 0 Å². The first-order valence-corrected chi connectivity index (χ1v) is 5.63. The number of aromatic nitrogens is 2. The number of amides is 1. The Morgan fingerprint density at radius 3 is 2.71 bits per heavy atom. The van der Waals surface area contributed by atoms with Crippen LogP contribution in [0.5, 0.6) is 0 Å². The van der Waals surface area contributed by atoms with Crippen LogP contribution >= 0.6 is 0 Å². The van der Waals surface area contributed by atoms with Crippen molar-refractivity contribution in [2.24, 2.45) is 5.73 Å². The van der Waals surface area contributed by atoms with E-state index >= 15 is 0 Å². The van der Waals surface area contributed by atoms with Gasteiger partial charge in [0, 0.05) is 18.8 Å². The van der Waals surface area contributed by atoms with Crippen molar-refractivity contribution in [3.8, 4) is 0 Å². The number of carbonyl (C=O) groups is 1. The van der Waals surface area contributed by atoms with Crippen LogP contribution in [0.2, 0.25) is 0 Å². The lowest BCUT2D eigenvalue weighted by Crippen LogP contribution is -2.21. The Labute approximate surface area is 100 Å². The number of hydrogen-bond donors (Lipinski definition) is 1. The molecular weight excluding hydrogens is 214 g/mol. The number of primary amides is 1. The van der Waals surface area contributed by atoms with E-state index in [1.54, 1.807) is 12.4 Å². The second-order valence-electron chi connectivity index (χ2n) is 3.89. The van der Waals surface area contributed by atoms with Gasteiger partial charge in [-0.2, -0.15) is 0 Å². The van der Waals surface area contributed by atoms with Crippen LogP contribution in [0.3, 0.4) is 0 Å². The van der Waals surface area contributed by atoms with Gasteiger partial charge in [-0.15, -0.1) is 0 Å². The van der Waals surface area contributed by atoms with Crippen molar-refractivity contribution in [1.82, 2.24) is 9.55 Å². The lowest BCUT2D eigenvalue weighted by Gasteiger charge is -2.03. The summed E-state index contributed by atoms with van der Waals surface area (Å²) < 4.78 is 1.39. The Morgan fingerprint density at radius 1 is 1.24 bits per heavy atom. The summed E-state index contributed by atoms with van der Waals surface area (Å²) in [6, 6.07) is 9.78. The minimum Gasteiger partial charge on any atom is -0.351 e. The van der Waals surface area contributed by atoms with Crippen LogP contribution in [-0.2, 0) is 12.8 Å². The summed E-state index contributed by atoms with van der Waals surface area (Å²) in [7, 11) is 0.